The fourth-order valence-corrected chi connectivity index (χ4v) is 3.16. The lowest BCUT2D eigenvalue weighted by molar-refractivity contribution is -0.139. The van der Waals surface area contributed by atoms with Gasteiger partial charge in [0.25, 0.3) is 0 Å². The molecular weight excluding hydrogens is 302 g/mol. The number of nitrogens with zero attached hydrogens (tertiary/aromatic N) is 1. The Balaban J connectivity index is 1.87. The van der Waals surface area contributed by atoms with Gasteiger partial charge in [-0.05, 0) is 24.8 Å². The summed E-state index contributed by atoms with van der Waals surface area (Å²) in [7, 11) is 0. The van der Waals surface area contributed by atoms with Crippen molar-refractivity contribution in [3.63, 3.8) is 0 Å². The zero-order valence-corrected chi connectivity index (χ0v) is 14.7. The van der Waals surface area contributed by atoms with Crippen molar-refractivity contribution in [1.29, 1.82) is 0 Å². The summed E-state index contributed by atoms with van der Waals surface area (Å²) in [5.41, 5.74) is 7.24. The topological polar surface area (TPSA) is 75.4 Å². The molecule has 1 aliphatic heterocycles. The quantitative estimate of drug-likeness (QED) is 0.838. The Kier molecular flexibility index (Phi) is 6.79. The molecule has 0 bridgehead atoms. The highest BCUT2D eigenvalue weighted by molar-refractivity contribution is 5.81. The maximum atomic E-state index is 12.7. The zero-order valence-electron chi connectivity index (χ0n) is 14.7. The molecule has 1 aromatic rings. The molecule has 2 amide bonds. The third-order valence-corrected chi connectivity index (χ3v) is 4.84. The van der Waals surface area contributed by atoms with Gasteiger partial charge in [0.2, 0.25) is 11.8 Å². The molecule has 3 N–H and O–H groups in total. The summed E-state index contributed by atoms with van der Waals surface area (Å²) in [4.78, 5) is 26.6. The van der Waals surface area contributed by atoms with Crippen molar-refractivity contribution >= 4 is 11.8 Å². The van der Waals surface area contributed by atoms with Crippen LogP contribution >= 0.6 is 0 Å². The van der Waals surface area contributed by atoms with Crippen LogP contribution in [0.3, 0.4) is 0 Å². The number of likely N-dealkylation sites (tertiary alicyclic amines) is 1. The van der Waals surface area contributed by atoms with Crippen molar-refractivity contribution in [3.8, 4) is 0 Å². The summed E-state index contributed by atoms with van der Waals surface area (Å²) in [6.45, 7) is 5.92. The predicted molar refractivity (Wildman–Crippen MR) is 95.1 cm³/mol. The summed E-state index contributed by atoms with van der Waals surface area (Å²) >= 11 is 0. The van der Waals surface area contributed by atoms with Gasteiger partial charge >= 0.3 is 0 Å². The smallest absolute Gasteiger partial charge is 0.227 e. The molecule has 5 heteroatoms. The third kappa shape index (κ3) is 4.57. The first-order chi connectivity index (χ1) is 11.5. The van der Waals surface area contributed by atoms with E-state index in [2.05, 4.69) is 5.32 Å². The SMILES string of the molecule is CCCNC(=O)C1CCN(C(=O)C(C)C(N)c2ccccc2)CC1. The number of amides is 2. The maximum absolute atomic E-state index is 12.7. The average Bonchev–Trinajstić information content (AvgIpc) is 2.65. The molecule has 132 valence electrons. The molecule has 24 heavy (non-hydrogen) atoms. The van der Waals surface area contributed by atoms with Crippen LogP contribution in [0.5, 0.6) is 0 Å². The predicted octanol–water partition coefficient (Wildman–Crippen LogP) is 2.09. The lowest BCUT2D eigenvalue weighted by Gasteiger charge is -2.34. The normalized spacial score (nSPS) is 18.0. The first-order valence-corrected chi connectivity index (χ1v) is 8.91. The summed E-state index contributed by atoms with van der Waals surface area (Å²) in [6.07, 6.45) is 2.40. The highest BCUT2D eigenvalue weighted by Gasteiger charge is 2.31. The molecule has 1 aliphatic rings. The van der Waals surface area contributed by atoms with E-state index in [9.17, 15) is 9.59 Å². The largest absolute Gasteiger partial charge is 0.356 e. The number of carbonyl (C=O) groups excluding carboxylic acids is 2. The number of benzene rings is 1. The molecule has 2 rings (SSSR count). The van der Waals surface area contributed by atoms with Crippen LogP contribution in [-0.2, 0) is 9.59 Å². The molecule has 0 spiro atoms. The molecule has 1 heterocycles. The van der Waals surface area contributed by atoms with Crippen molar-refractivity contribution in [3.05, 3.63) is 35.9 Å². The highest BCUT2D eigenvalue weighted by Crippen LogP contribution is 2.24. The number of piperidine rings is 1. The number of hydrogen-bond donors (Lipinski definition) is 2. The molecule has 0 aromatic heterocycles. The second-order valence-electron chi connectivity index (χ2n) is 6.62. The Morgan fingerprint density at radius 3 is 2.46 bits per heavy atom. The summed E-state index contributed by atoms with van der Waals surface area (Å²) in [6, 6.07) is 9.43. The fraction of sp³-hybridized carbons (Fsp3) is 0.579. The van der Waals surface area contributed by atoms with Gasteiger partial charge in [0.1, 0.15) is 0 Å². The molecule has 1 saturated heterocycles. The van der Waals surface area contributed by atoms with Crippen LogP contribution in [0.25, 0.3) is 0 Å². The molecule has 1 fully saturated rings. The first kappa shape index (κ1) is 18.5. The number of carbonyl (C=O) groups is 2. The number of rotatable bonds is 6. The van der Waals surface area contributed by atoms with Crippen LogP contribution in [0.4, 0.5) is 0 Å². The van der Waals surface area contributed by atoms with Gasteiger partial charge in [-0.2, -0.15) is 0 Å². The zero-order chi connectivity index (χ0) is 17.5. The van der Waals surface area contributed by atoms with E-state index < -0.39 is 0 Å². The van der Waals surface area contributed by atoms with Gasteiger partial charge in [0.05, 0.1) is 5.92 Å². The monoisotopic (exact) mass is 331 g/mol. The Hall–Kier alpha value is -1.88. The minimum Gasteiger partial charge on any atom is -0.356 e. The lowest BCUT2D eigenvalue weighted by Crippen LogP contribution is -2.46. The molecule has 1 aromatic carbocycles. The highest BCUT2D eigenvalue weighted by atomic mass is 16.2. The standard InChI is InChI=1S/C19H29N3O2/c1-3-11-21-18(23)16-9-12-22(13-10-16)19(24)14(2)17(20)15-7-5-4-6-8-15/h4-8,14,16-17H,3,9-13,20H2,1-2H3,(H,21,23). The number of nitrogens with one attached hydrogen (secondary N) is 1. The van der Waals surface area contributed by atoms with E-state index in [1.807, 2.05) is 49.1 Å². The van der Waals surface area contributed by atoms with Crippen LogP contribution in [0.15, 0.2) is 30.3 Å². The van der Waals surface area contributed by atoms with Gasteiger partial charge in [-0.1, -0.05) is 44.2 Å². The van der Waals surface area contributed by atoms with Crippen molar-refractivity contribution < 1.29 is 9.59 Å². The minimum absolute atomic E-state index is 0.0266. The van der Waals surface area contributed by atoms with Crippen molar-refractivity contribution in [1.82, 2.24) is 10.2 Å². The summed E-state index contributed by atoms with van der Waals surface area (Å²) in [5.74, 6) is -0.0340. The van der Waals surface area contributed by atoms with Crippen LogP contribution in [0.2, 0.25) is 0 Å². The Bertz CT molecular complexity index is 539. The van der Waals surface area contributed by atoms with Gasteiger partial charge in [-0.3, -0.25) is 9.59 Å². The molecule has 2 unspecified atom stereocenters. The Morgan fingerprint density at radius 2 is 1.88 bits per heavy atom. The fourth-order valence-electron chi connectivity index (χ4n) is 3.16. The van der Waals surface area contributed by atoms with Gasteiger partial charge in [-0.15, -0.1) is 0 Å². The second-order valence-corrected chi connectivity index (χ2v) is 6.62. The van der Waals surface area contributed by atoms with Crippen molar-refractivity contribution in [2.75, 3.05) is 19.6 Å². The molecular formula is C19H29N3O2. The van der Waals surface area contributed by atoms with Crippen LogP contribution < -0.4 is 11.1 Å². The molecule has 0 aliphatic carbocycles. The lowest BCUT2D eigenvalue weighted by atomic mass is 9.91. The summed E-state index contributed by atoms with van der Waals surface area (Å²) < 4.78 is 0. The third-order valence-electron chi connectivity index (χ3n) is 4.84. The molecule has 0 saturated carbocycles. The number of hydrogen-bond acceptors (Lipinski definition) is 3. The van der Waals surface area contributed by atoms with Gasteiger partial charge in [0, 0.05) is 31.6 Å². The Labute approximate surface area is 144 Å². The van der Waals surface area contributed by atoms with Crippen LogP contribution in [-0.4, -0.2) is 36.3 Å². The van der Waals surface area contributed by atoms with E-state index in [4.69, 9.17) is 5.73 Å². The van der Waals surface area contributed by atoms with Gasteiger partial charge < -0.3 is 16.0 Å². The Morgan fingerprint density at radius 1 is 1.25 bits per heavy atom. The summed E-state index contributed by atoms with van der Waals surface area (Å²) in [5, 5.41) is 2.95. The second kappa shape index (κ2) is 8.83. The van der Waals surface area contributed by atoms with E-state index >= 15 is 0 Å². The van der Waals surface area contributed by atoms with Crippen LogP contribution in [0, 0.1) is 11.8 Å². The van der Waals surface area contributed by atoms with E-state index in [0.717, 1.165) is 31.4 Å². The number of nitrogens with two attached hydrogens (primary N) is 1. The van der Waals surface area contributed by atoms with Gasteiger partial charge in [0.15, 0.2) is 0 Å². The van der Waals surface area contributed by atoms with E-state index in [1.165, 1.54) is 0 Å². The maximum Gasteiger partial charge on any atom is 0.227 e. The molecule has 5 nitrogen and oxygen atoms in total. The van der Waals surface area contributed by atoms with E-state index in [1.54, 1.807) is 0 Å². The average molecular weight is 331 g/mol. The van der Waals surface area contributed by atoms with E-state index in [-0.39, 0.29) is 29.7 Å². The first-order valence-electron chi connectivity index (χ1n) is 8.91. The van der Waals surface area contributed by atoms with Crippen molar-refractivity contribution in [2.45, 2.75) is 39.2 Å². The molecule has 2 atom stereocenters. The minimum atomic E-state index is -0.302. The molecule has 0 radical (unpaired) electrons. The van der Waals surface area contributed by atoms with Crippen molar-refractivity contribution in [2.24, 2.45) is 17.6 Å². The van der Waals surface area contributed by atoms with E-state index in [0.29, 0.717) is 13.1 Å². The van der Waals surface area contributed by atoms with Crippen LogP contribution in [0.1, 0.15) is 44.7 Å². The van der Waals surface area contributed by atoms with Gasteiger partial charge in [-0.25, -0.2) is 0 Å².